The Morgan fingerprint density at radius 1 is 1.36 bits per heavy atom. The summed E-state index contributed by atoms with van der Waals surface area (Å²) in [6, 6.07) is 10.7. The molecule has 0 bridgehead atoms. The topological polar surface area (TPSA) is 0 Å². The van der Waals surface area contributed by atoms with E-state index in [2.05, 4.69) is 43.0 Å². The van der Waals surface area contributed by atoms with Crippen LogP contribution in [0.3, 0.4) is 0 Å². The fraction of sp³-hybridized carbons (Fsp3) is 0.333. The summed E-state index contributed by atoms with van der Waals surface area (Å²) in [5.74, 6) is 1.94. The van der Waals surface area contributed by atoms with Crippen molar-refractivity contribution in [2.45, 2.75) is 12.8 Å². The van der Waals surface area contributed by atoms with Crippen molar-refractivity contribution in [2.75, 3.05) is 5.75 Å². The lowest BCUT2D eigenvalue weighted by molar-refractivity contribution is 0.632. The highest BCUT2D eigenvalue weighted by Crippen LogP contribution is 2.15. The molecule has 1 aromatic carbocycles. The lowest BCUT2D eigenvalue weighted by Crippen LogP contribution is -2.02. The molecule has 0 nitrogen and oxygen atoms in total. The average molecular weight is 222 g/mol. The Hall–Kier alpha value is -0.473. The number of rotatable bonds is 6. The molecule has 0 amide bonds. The molecule has 0 N–H and O–H groups in total. The van der Waals surface area contributed by atoms with Gasteiger partial charge >= 0.3 is 0 Å². The van der Waals surface area contributed by atoms with Crippen molar-refractivity contribution in [2.24, 2.45) is 5.92 Å². The second kappa shape index (κ2) is 6.90. The molecule has 0 aliphatic rings. The highest BCUT2D eigenvalue weighted by molar-refractivity contribution is 8.19. The van der Waals surface area contributed by atoms with Gasteiger partial charge in [0.2, 0.25) is 0 Å². The summed E-state index contributed by atoms with van der Waals surface area (Å²) in [7, 11) is 1.25. The van der Waals surface area contributed by atoms with Crippen molar-refractivity contribution in [3.63, 3.8) is 0 Å². The maximum atomic E-state index is 3.91. The SMILES string of the molecule is C=CC(CCS[SiH3])Cc1ccccc1. The molecular formula is C12H18SSi. The summed E-state index contributed by atoms with van der Waals surface area (Å²) in [4.78, 5) is 0. The Bertz CT molecular complexity index is 258. The van der Waals surface area contributed by atoms with Crippen LogP contribution in [-0.2, 0) is 6.42 Å². The van der Waals surface area contributed by atoms with Gasteiger partial charge in [-0.1, -0.05) is 36.4 Å². The molecule has 0 saturated heterocycles. The largest absolute Gasteiger partial charge is 0.198 e. The number of benzene rings is 1. The Morgan fingerprint density at radius 2 is 2.07 bits per heavy atom. The van der Waals surface area contributed by atoms with Crippen LogP contribution >= 0.6 is 11.2 Å². The molecule has 2 heteroatoms. The van der Waals surface area contributed by atoms with E-state index in [9.17, 15) is 0 Å². The third-order valence-electron chi connectivity index (χ3n) is 2.37. The van der Waals surface area contributed by atoms with Crippen molar-refractivity contribution in [3.05, 3.63) is 48.6 Å². The van der Waals surface area contributed by atoms with E-state index >= 15 is 0 Å². The Balaban J connectivity index is 2.44. The molecule has 76 valence electrons. The van der Waals surface area contributed by atoms with Gasteiger partial charge in [0.05, 0.1) is 9.39 Å². The third-order valence-corrected chi connectivity index (χ3v) is 4.24. The van der Waals surface area contributed by atoms with Gasteiger partial charge in [-0.3, -0.25) is 0 Å². The van der Waals surface area contributed by atoms with Gasteiger partial charge in [-0.05, 0) is 30.1 Å². The van der Waals surface area contributed by atoms with E-state index in [1.54, 1.807) is 0 Å². The quantitative estimate of drug-likeness (QED) is 0.526. The second-order valence-corrected chi connectivity index (χ2v) is 6.18. The van der Waals surface area contributed by atoms with Crippen molar-refractivity contribution >= 4 is 20.6 Å². The fourth-order valence-electron chi connectivity index (χ4n) is 1.49. The van der Waals surface area contributed by atoms with Crippen molar-refractivity contribution in [1.82, 2.24) is 0 Å². The van der Waals surface area contributed by atoms with Crippen molar-refractivity contribution in [3.8, 4) is 0 Å². The first-order valence-corrected chi connectivity index (χ1v) is 8.86. The van der Waals surface area contributed by atoms with Crippen LogP contribution in [0.25, 0.3) is 0 Å². The average Bonchev–Trinajstić information content (AvgIpc) is 2.25. The van der Waals surface area contributed by atoms with Gasteiger partial charge < -0.3 is 0 Å². The van der Waals surface area contributed by atoms with Crippen LogP contribution in [0.5, 0.6) is 0 Å². The lowest BCUT2D eigenvalue weighted by atomic mass is 9.97. The standard InChI is InChI=1S/C12H18SSi/c1-2-11(8-9-13-14)10-12-6-4-3-5-7-12/h2-7,11H,1,8-10H2,14H3. The number of hydrogen-bond donors (Lipinski definition) is 0. The maximum absolute atomic E-state index is 3.91. The van der Waals surface area contributed by atoms with Crippen LogP contribution in [0.15, 0.2) is 43.0 Å². The molecule has 1 aromatic rings. The molecule has 1 rings (SSSR count). The minimum absolute atomic E-state index is 0.652. The monoisotopic (exact) mass is 222 g/mol. The molecule has 0 radical (unpaired) electrons. The summed E-state index contributed by atoms with van der Waals surface area (Å²) >= 11 is 2.05. The predicted molar refractivity (Wildman–Crippen MR) is 70.8 cm³/mol. The van der Waals surface area contributed by atoms with Crippen LogP contribution in [0, 0.1) is 5.92 Å². The van der Waals surface area contributed by atoms with E-state index < -0.39 is 0 Å². The fourth-order valence-corrected chi connectivity index (χ4v) is 2.73. The third kappa shape index (κ3) is 4.16. The molecular weight excluding hydrogens is 204 g/mol. The molecule has 0 fully saturated rings. The smallest absolute Gasteiger partial charge is 0.0694 e. The van der Waals surface area contributed by atoms with Gasteiger partial charge in [0.1, 0.15) is 0 Å². The zero-order chi connectivity index (χ0) is 10.2. The molecule has 0 aliphatic carbocycles. The summed E-state index contributed by atoms with van der Waals surface area (Å²) in [5, 5.41) is 0. The minimum atomic E-state index is 0.652. The van der Waals surface area contributed by atoms with Gasteiger partial charge in [0.15, 0.2) is 0 Å². The van der Waals surface area contributed by atoms with Crippen LogP contribution in [-0.4, -0.2) is 15.1 Å². The Labute approximate surface area is 93.9 Å². The second-order valence-electron chi connectivity index (χ2n) is 3.47. The molecule has 0 spiro atoms. The Kier molecular flexibility index (Phi) is 5.72. The number of allylic oxidation sites excluding steroid dienone is 1. The van der Waals surface area contributed by atoms with E-state index in [1.807, 2.05) is 11.2 Å². The molecule has 0 aliphatic heterocycles. The highest BCUT2D eigenvalue weighted by Gasteiger charge is 2.04. The molecule has 0 saturated carbocycles. The molecule has 0 aromatic heterocycles. The van der Waals surface area contributed by atoms with Crippen LogP contribution in [0.2, 0.25) is 0 Å². The first-order chi connectivity index (χ1) is 6.86. The van der Waals surface area contributed by atoms with Gasteiger partial charge in [-0.15, -0.1) is 6.58 Å². The van der Waals surface area contributed by atoms with Crippen LogP contribution in [0.1, 0.15) is 12.0 Å². The van der Waals surface area contributed by atoms with E-state index in [4.69, 9.17) is 0 Å². The van der Waals surface area contributed by atoms with Gasteiger partial charge in [-0.2, -0.15) is 11.2 Å². The summed E-state index contributed by atoms with van der Waals surface area (Å²) in [6.07, 6.45) is 4.52. The predicted octanol–water partition coefficient (Wildman–Crippen LogP) is 2.44. The van der Waals surface area contributed by atoms with E-state index in [0.717, 1.165) is 6.42 Å². The van der Waals surface area contributed by atoms with E-state index in [-0.39, 0.29) is 0 Å². The highest BCUT2D eigenvalue weighted by atomic mass is 32.4. The molecule has 0 heterocycles. The zero-order valence-corrected chi connectivity index (χ0v) is 11.6. The van der Waals surface area contributed by atoms with E-state index in [1.165, 1.54) is 27.1 Å². The van der Waals surface area contributed by atoms with Crippen molar-refractivity contribution < 1.29 is 0 Å². The Morgan fingerprint density at radius 3 is 2.64 bits per heavy atom. The summed E-state index contributed by atoms with van der Waals surface area (Å²) in [6.45, 7) is 3.91. The minimum Gasteiger partial charge on any atom is -0.198 e. The van der Waals surface area contributed by atoms with E-state index in [0.29, 0.717) is 5.92 Å². The first kappa shape index (κ1) is 11.6. The lowest BCUT2D eigenvalue weighted by Gasteiger charge is -2.11. The summed E-state index contributed by atoms with van der Waals surface area (Å²) < 4.78 is 0. The van der Waals surface area contributed by atoms with Crippen LogP contribution in [0.4, 0.5) is 0 Å². The molecule has 1 atom stereocenters. The number of hydrogen-bond acceptors (Lipinski definition) is 1. The molecule has 14 heavy (non-hydrogen) atoms. The zero-order valence-electron chi connectivity index (χ0n) is 8.78. The summed E-state index contributed by atoms with van der Waals surface area (Å²) in [5.41, 5.74) is 1.43. The normalized spacial score (nSPS) is 12.6. The van der Waals surface area contributed by atoms with Gasteiger partial charge in [0, 0.05) is 0 Å². The van der Waals surface area contributed by atoms with Crippen LogP contribution < -0.4 is 0 Å². The first-order valence-electron chi connectivity index (χ1n) is 5.02. The molecule has 1 unspecified atom stereocenters. The van der Waals surface area contributed by atoms with Gasteiger partial charge in [0.25, 0.3) is 0 Å². The van der Waals surface area contributed by atoms with Crippen molar-refractivity contribution in [1.29, 1.82) is 0 Å². The van der Waals surface area contributed by atoms with Gasteiger partial charge in [-0.25, -0.2) is 0 Å². The maximum Gasteiger partial charge on any atom is 0.0694 e.